The van der Waals surface area contributed by atoms with E-state index < -0.39 is 0 Å². The Balaban J connectivity index is 1.89. The van der Waals surface area contributed by atoms with Crippen LogP contribution >= 0.6 is 11.5 Å². The molecule has 0 atom stereocenters. The van der Waals surface area contributed by atoms with Gasteiger partial charge in [-0.2, -0.15) is 0 Å². The van der Waals surface area contributed by atoms with E-state index in [2.05, 4.69) is 40.3 Å². The van der Waals surface area contributed by atoms with Gasteiger partial charge >= 0.3 is 0 Å². The summed E-state index contributed by atoms with van der Waals surface area (Å²) in [5.74, 6) is 0. The second-order valence-corrected chi connectivity index (χ2v) is 6.70. The Morgan fingerprint density at radius 3 is 2.63 bits per heavy atom. The van der Waals surface area contributed by atoms with Gasteiger partial charge in [0.05, 0.1) is 23.8 Å². The normalized spacial score (nSPS) is 18.2. The van der Waals surface area contributed by atoms with Crippen LogP contribution in [-0.4, -0.2) is 64.8 Å². The van der Waals surface area contributed by atoms with Gasteiger partial charge < -0.3 is 4.74 Å². The standard InChI is InChI=1S/C13H24N4OS/c1-11-12(19-15-14-11)9-16(4)10-13(2,3)17-5-7-18-8-6-17/h5-10H2,1-4H3. The number of hydrogen-bond donors (Lipinski definition) is 0. The molecule has 6 heteroatoms. The van der Waals surface area contributed by atoms with E-state index >= 15 is 0 Å². The Hall–Kier alpha value is -0.560. The topological polar surface area (TPSA) is 41.5 Å². The molecule has 0 bridgehead atoms. The number of hydrogen-bond acceptors (Lipinski definition) is 6. The average molecular weight is 284 g/mol. The molecule has 0 aromatic carbocycles. The van der Waals surface area contributed by atoms with Crippen LogP contribution in [0.3, 0.4) is 0 Å². The van der Waals surface area contributed by atoms with Gasteiger partial charge in [-0.15, -0.1) is 5.10 Å². The van der Waals surface area contributed by atoms with Crippen LogP contribution in [0, 0.1) is 6.92 Å². The van der Waals surface area contributed by atoms with E-state index in [4.69, 9.17) is 4.74 Å². The molecule has 1 fully saturated rings. The van der Waals surface area contributed by atoms with E-state index in [-0.39, 0.29) is 5.54 Å². The molecule has 0 radical (unpaired) electrons. The van der Waals surface area contributed by atoms with Crippen LogP contribution < -0.4 is 0 Å². The van der Waals surface area contributed by atoms with Crippen molar-refractivity contribution in [2.45, 2.75) is 32.9 Å². The highest BCUT2D eigenvalue weighted by Gasteiger charge is 2.29. The third-order valence-electron chi connectivity index (χ3n) is 3.68. The molecule has 1 aliphatic rings. The Morgan fingerprint density at radius 1 is 1.37 bits per heavy atom. The van der Waals surface area contributed by atoms with Crippen LogP contribution in [0.15, 0.2) is 0 Å². The summed E-state index contributed by atoms with van der Waals surface area (Å²) in [5, 5.41) is 4.07. The molecular formula is C13H24N4OS. The molecule has 0 aliphatic carbocycles. The smallest absolute Gasteiger partial charge is 0.0769 e. The SMILES string of the molecule is Cc1nnsc1CN(C)CC(C)(C)N1CCOCC1. The van der Waals surface area contributed by atoms with Crippen molar-refractivity contribution in [2.24, 2.45) is 0 Å². The van der Waals surface area contributed by atoms with E-state index in [1.165, 1.54) is 16.4 Å². The molecular weight excluding hydrogens is 260 g/mol. The zero-order valence-corrected chi connectivity index (χ0v) is 13.2. The first kappa shape index (κ1) is 14.8. The monoisotopic (exact) mass is 284 g/mol. The Bertz CT molecular complexity index is 401. The van der Waals surface area contributed by atoms with Crippen LogP contribution in [0.2, 0.25) is 0 Å². The van der Waals surface area contributed by atoms with Gasteiger partial charge in [-0.3, -0.25) is 9.80 Å². The van der Waals surface area contributed by atoms with E-state index in [0.717, 1.165) is 45.1 Å². The molecule has 0 spiro atoms. The first-order chi connectivity index (χ1) is 8.99. The predicted octanol–water partition coefficient (Wildman–Crippen LogP) is 1.39. The van der Waals surface area contributed by atoms with Crippen molar-refractivity contribution < 1.29 is 4.74 Å². The van der Waals surface area contributed by atoms with Gasteiger partial charge in [-0.25, -0.2) is 0 Å². The maximum absolute atomic E-state index is 5.43. The molecule has 1 saturated heterocycles. The third-order valence-corrected chi connectivity index (χ3v) is 4.49. The minimum Gasteiger partial charge on any atom is -0.379 e. The molecule has 0 N–H and O–H groups in total. The molecule has 19 heavy (non-hydrogen) atoms. The molecule has 1 aromatic rings. The minimum atomic E-state index is 0.171. The van der Waals surface area contributed by atoms with Gasteiger partial charge in [-0.1, -0.05) is 4.49 Å². The molecule has 0 saturated carbocycles. The summed E-state index contributed by atoms with van der Waals surface area (Å²) >= 11 is 1.50. The molecule has 5 nitrogen and oxygen atoms in total. The minimum absolute atomic E-state index is 0.171. The average Bonchev–Trinajstić information content (AvgIpc) is 2.75. The highest BCUT2D eigenvalue weighted by Crippen LogP contribution is 2.19. The first-order valence-corrected chi connectivity index (χ1v) is 7.55. The number of aryl methyl sites for hydroxylation is 1. The van der Waals surface area contributed by atoms with Gasteiger partial charge in [0.15, 0.2) is 0 Å². The Labute approximate surface area is 119 Å². The summed E-state index contributed by atoms with van der Waals surface area (Å²) in [7, 11) is 2.17. The van der Waals surface area contributed by atoms with Crippen molar-refractivity contribution in [3.63, 3.8) is 0 Å². The van der Waals surface area contributed by atoms with Crippen LogP contribution in [0.5, 0.6) is 0 Å². The third kappa shape index (κ3) is 3.95. The summed E-state index contributed by atoms with van der Waals surface area (Å²) in [6, 6.07) is 0. The maximum atomic E-state index is 5.43. The number of nitrogens with zero attached hydrogens (tertiary/aromatic N) is 4. The quantitative estimate of drug-likeness (QED) is 0.817. The van der Waals surface area contributed by atoms with Gasteiger partial charge in [0.25, 0.3) is 0 Å². The zero-order valence-electron chi connectivity index (χ0n) is 12.3. The number of morpholine rings is 1. The fraction of sp³-hybridized carbons (Fsp3) is 0.846. The van der Waals surface area contributed by atoms with E-state index in [1.54, 1.807) is 0 Å². The number of ether oxygens (including phenoxy) is 1. The van der Waals surface area contributed by atoms with Crippen LogP contribution in [-0.2, 0) is 11.3 Å². The Kier molecular flexibility index (Phi) is 4.89. The summed E-state index contributed by atoms with van der Waals surface area (Å²) in [6.07, 6.45) is 0. The molecule has 108 valence electrons. The lowest BCUT2D eigenvalue weighted by molar-refractivity contribution is -0.0199. The van der Waals surface area contributed by atoms with Gasteiger partial charge in [0, 0.05) is 31.7 Å². The second kappa shape index (κ2) is 6.26. The van der Waals surface area contributed by atoms with E-state index in [1.807, 2.05) is 6.92 Å². The predicted molar refractivity (Wildman–Crippen MR) is 77.5 cm³/mol. The van der Waals surface area contributed by atoms with Crippen LogP contribution in [0.25, 0.3) is 0 Å². The highest BCUT2D eigenvalue weighted by atomic mass is 32.1. The van der Waals surface area contributed by atoms with Crippen LogP contribution in [0.4, 0.5) is 0 Å². The lowest BCUT2D eigenvalue weighted by atomic mass is 10.0. The van der Waals surface area contributed by atoms with Crippen molar-refractivity contribution in [1.82, 2.24) is 19.4 Å². The van der Waals surface area contributed by atoms with Crippen molar-refractivity contribution in [3.8, 4) is 0 Å². The van der Waals surface area contributed by atoms with Crippen molar-refractivity contribution in [2.75, 3.05) is 39.9 Å². The number of rotatable bonds is 5. The van der Waals surface area contributed by atoms with Crippen LogP contribution in [0.1, 0.15) is 24.4 Å². The lowest BCUT2D eigenvalue weighted by Crippen LogP contribution is -2.54. The molecule has 1 aliphatic heterocycles. The second-order valence-electron chi connectivity index (χ2n) is 5.87. The van der Waals surface area contributed by atoms with Crippen molar-refractivity contribution in [3.05, 3.63) is 10.6 Å². The zero-order chi connectivity index (χ0) is 13.9. The Morgan fingerprint density at radius 2 is 2.05 bits per heavy atom. The van der Waals surface area contributed by atoms with Crippen molar-refractivity contribution in [1.29, 1.82) is 0 Å². The largest absolute Gasteiger partial charge is 0.379 e. The first-order valence-electron chi connectivity index (χ1n) is 6.78. The fourth-order valence-corrected chi connectivity index (χ4v) is 3.34. The van der Waals surface area contributed by atoms with Gasteiger partial charge in [0.1, 0.15) is 0 Å². The molecule has 0 unspecified atom stereocenters. The van der Waals surface area contributed by atoms with Gasteiger partial charge in [-0.05, 0) is 39.4 Å². The van der Waals surface area contributed by atoms with E-state index in [0.29, 0.717) is 0 Å². The summed E-state index contributed by atoms with van der Waals surface area (Å²) in [6.45, 7) is 12.4. The summed E-state index contributed by atoms with van der Waals surface area (Å²) in [4.78, 5) is 6.14. The maximum Gasteiger partial charge on any atom is 0.0769 e. The molecule has 0 amide bonds. The fourth-order valence-electron chi connectivity index (χ4n) is 2.63. The summed E-state index contributed by atoms with van der Waals surface area (Å²) in [5.41, 5.74) is 1.23. The highest BCUT2D eigenvalue weighted by molar-refractivity contribution is 7.05. The lowest BCUT2D eigenvalue weighted by Gasteiger charge is -2.42. The van der Waals surface area contributed by atoms with Crippen molar-refractivity contribution >= 4 is 11.5 Å². The molecule has 2 rings (SSSR count). The summed E-state index contributed by atoms with van der Waals surface area (Å²) < 4.78 is 9.43. The van der Waals surface area contributed by atoms with E-state index in [9.17, 15) is 0 Å². The molecule has 2 heterocycles. The number of aromatic nitrogens is 2. The number of likely N-dealkylation sites (N-methyl/N-ethyl adjacent to an activating group) is 1. The molecule has 1 aromatic heterocycles. The van der Waals surface area contributed by atoms with Gasteiger partial charge in [0.2, 0.25) is 0 Å².